The first-order valence-electron chi connectivity index (χ1n) is 14.0. The molecule has 1 saturated carbocycles. The number of esters is 1. The van der Waals surface area contributed by atoms with E-state index in [1.165, 1.54) is 51.4 Å². The third-order valence-electron chi connectivity index (χ3n) is 7.26. The summed E-state index contributed by atoms with van der Waals surface area (Å²) in [7, 11) is 1.85. The number of ether oxygens (including phenoxy) is 2. The molecule has 38 heavy (non-hydrogen) atoms. The Morgan fingerprint density at radius 2 is 1.63 bits per heavy atom. The molecule has 0 saturated heterocycles. The number of aldehydes is 1. The van der Waals surface area contributed by atoms with E-state index in [0.29, 0.717) is 23.7 Å². The van der Waals surface area contributed by atoms with E-state index < -0.39 is 5.97 Å². The Balaban J connectivity index is 0.000000328. The standard InChI is InChI=1S/C21H22O4.C12H24O/c1-15(2)21(24)25-14-18(13-23)11-16-3-7-19(8-4-16)20-9-5-17(12-22)6-10-20;1-3-4-5-6-11-7-9-12(13-2)10-8-11/h3-10,12,18,23H,1,11,13-14H2,2H3;11-12H,3-10H2,1-2H3. The molecule has 0 amide bonds. The van der Waals surface area contributed by atoms with Crippen molar-refractivity contribution in [2.45, 2.75) is 77.7 Å². The molecule has 0 aliphatic heterocycles. The number of unbranched alkanes of at least 4 members (excludes halogenated alkanes) is 2. The van der Waals surface area contributed by atoms with Gasteiger partial charge in [-0.3, -0.25) is 4.79 Å². The lowest BCUT2D eigenvalue weighted by atomic mass is 9.84. The van der Waals surface area contributed by atoms with Gasteiger partial charge in [0.15, 0.2) is 0 Å². The van der Waals surface area contributed by atoms with Gasteiger partial charge in [-0.2, -0.15) is 0 Å². The average molecular weight is 523 g/mol. The number of rotatable bonds is 13. The number of methoxy groups -OCH3 is 1. The molecule has 1 atom stereocenters. The van der Waals surface area contributed by atoms with Crippen LogP contribution in [0.15, 0.2) is 60.7 Å². The van der Waals surface area contributed by atoms with Gasteiger partial charge in [-0.25, -0.2) is 4.79 Å². The van der Waals surface area contributed by atoms with Crippen molar-refractivity contribution in [2.75, 3.05) is 20.3 Å². The number of hydrogen-bond acceptors (Lipinski definition) is 5. The Morgan fingerprint density at radius 3 is 2.13 bits per heavy atom. The predicted molar refractivity (Wildman–Crippen MR) is 154 cm³/mol. The summed E-state index contributed by atoms with van der Waals surface area (Å²) in [5.41, 5.74) is 4.14. The molecular formula is C33H46O5. The molecule has 5 nitrogen and oxygen atoms in total. The van der Waals surface area contributed by atoms with Crippen molar-refractivity contribution in [3.05, 3.63) is 71.8 Å². The predicted octanol–water partition coefficient (Wildman–Crippen LogP) is 7.21. The van der Waals surface area contributed by atoms with Crippen LogP contribution in [0.2, 0.25) is 0 Å². The molecule has 0 spiro atoms. The second kappa shape index (κ2) is 17.7. The Morgan fingerprint density at radius 1 is 1.03 bits per heavy atom. The fourth-order valence-electron chi connectivity index (χ4n) is 4.75. The zero-order valence-electron chi connectivity index (χ0n) is 23.5. The topological polar surface area (TPSA) is 72.8 Å². The van der Waals surface area contributed by atoms with E-state index in [1.807, 2.05) is 43.5 Å². The maximum atomic E-state index is 11.4. The monoisotopic (exact) mass is 522 g/mol. The van der Waals surface area contributed by atoms with Gasteiger partial charge in [0.25, 0.3) is 0 Å². The van der Waals surface area contributed by atoms with Gasteiger partial charge in [0.05, 0.1) is 12.7 Å². The highest BCUT2D eigenvalue weighted by Crippen LogP contribution is 2.29. The molecule has 2 aromatic rings. The van der Waals surface area contributed by atoms with Gasteiger partial charge in [-0.15, -0.1) is 0 Å². The van der Waals surface area contributed by atoms with Crippen molar-refractivity contribution in [3.63, 3.8) is 0 Å². The lowest BCUT2D eigenvalue weighted by Crippen LogP contribution is -2.20. The first kappa shape index (κ1) is 31.5. The van der Waals surface area contributed by atoms with Crippen molar-refractivity contribution in [3.8, 4) is 11.1 Å². The van der Waals surface area contributed by atoms with Crippen molar-refractivity contribution in [1.29, 1.82) is 0 Å². The zero-order valence-corrected chi connectivity index (χ0v) is 23.5. The second-order valence-electron chi connectivity index (χ2n) is 10.4. The SMILES string of the molecule is C=C(C)C(=O)OCC(CO)Cc1ccc(-c2ccc(C=O)cc2)cc1.CCCCCC1CCC(OC)CC1. The van der Waals surface area contributed by atoms with Crippen molar-refractivity contribution in [1.82, 2.24) is 0 Å². The van der Waals surface area contributed by atoms with Gasteiger partial charge >= 0.3 is 5.97 Å². The summed E-state index contributed by atoms with van der Waals surface area (Å²) in [5, 5.41) is 9.48. The summed E-state index contributed by atoms with van der Waals surface area (Å²) in [6.07, 6.45) is 13.1. The van der Waals surface area contributed by atoms with Crippen LogP contribution in [0.5, 0.6) is 0 Å². The first-order valence-corrected chi connectivity index (χ1v) is 14.0. The van der Waals surface area contributed by atoms with Crippen molar-refractivity contribution < 1.29 is 24.2 Å². The molecule has 2 aromatic carbocycles. The normalized spacial score (nSPS) is 17.6. The first-order chi connectivity index (χ1) is 18.4. The van der Waals surface area contributed by atoms with Gasteiger partial charge in [-0.1, -0.05) is 87.7 Å². The lowest BCUT2D eigenvalue weighted by Gasteiger charge is -2.27. The molecule has 1 unspecified atom stereocenters. The molecule has 0 bridgehead atoms. The lowest BCUT2D eigenvalue weighted by molar-refractivity contribution is -0.140. The van der Waals surface area contributed by atoms with Crippen molar-refractivity contribution in [2.24, 2.45) is 11.8 Å². The van der Waals surface area contributed by atoms with E-state index in [4.69, 9.17) is 9.47 Å². The number of hydrogen-bond donors (Lipinski definition) is 1. The van der Waals surface area contributed by atoms with Crippen LogP contribution in [0.1, 0.15) is 81.1 Å². The molecule has 1 aliphatic carbocycles. The van der Waals surface area contributed by atoms with E-state index in [1.54, 1.807) is 19.1 Å². The number of carbonyl (C=O) groups excluding carboxylic acids is 2. The van der Waals surface area contributed by atoms with E-state index in [-0.39, 0.29) is 19.1 Å². The maximum absolute atomic E-state index is 11.4. The van der Waals surface area contributed by atoms with Crippen LogP contribution < -0.4 is 0 Å². The van der Waals surface area contributed by atoms with E-state index in [0.717, 1.165) is 28.9 Å². The van der Waals surface area contributed by atoms with Crippen LogP contribution in [0.3, 0.4) is 0 Å². The van der Waals surface area contributed by atoms with Crippen LogP contribution in [-0.2, 0) is 20.7 Å². The van der Waals surface area contributed by atoms with Gasteiger partial charge in [0.2, 0.25) is 0 Å². The zero-order chi connectivity index (χ0) is 27.8. The fraction of sp³-hybridized carbons (Fsp3) is 0.515. The molecule has 0 radical (unpaired) electrons. The van der Waals surface area contributed by atoms with Gasteiger partial charge in [0, 0.05) is 30.8 Å². The number of benzene rings is 2. The minimum Gasteiger partial charge on any atom is -0.462 e. The van der Waals surface area contributed by atoms with E-state index >= 15 is 0 Å². The highest BCUT2D eigenvalue weighted by molar-refractivity contribution is 5.86. The summed E-state index contributed by atoms with van der Waals surface area (Å²) in [6, 6.07) is 15.4. The molecule has 0 aromatic heterocycles. The summed E-state index contributed by atoms with van der Waals surface area (Å²) in [5.74, 6) is 0.423. The van der Waals surface area contributed by atoms with Crippen LogP contribution in [0.25, 0.3) is 11.1 Å². The number of aliphatic hydroxyl groups is 1. The highest BCUT2D eigenvalue weighted by Gasteiger charge is 2.20. The molecule has 3 rings (SSSR count). The Bertz CT molecular complexity index is 953. The molecule has 0 heterocycles. The molecule has 1 fully saturated rings. The van der Waals surface area contributed by atoms with E-state index in [2.05, 4.69) is 13.5 Å². The number of aliphatic hydroxyl groups excluding tert-OH is 1. The van der Waals surface area contributed by atoms with Crippen LogP contribution >= 0.6 is 0 Å². The maximum Gasteiger partial charge on any atom is 0.333 e. The Hall–Kier alpha value is -2.76. The summed E-state index contributed by atoms with van der Waals surface area (Å²) < 4.78 is 10.5. The summed E-state index contributed by atoms with van der Waals surface area (Å²) in [4.78, 5) is 22.1. The molecule has 1 aliphatic rings. The van der Waals surface area contributed by atoms with Crippen LogP contribution in [0.4, 0.5) is 0 Å². The Kier molecular flexibility index (Phi) is 14.6. The van der Waals surface area contributed by atoms with Gasteiger partial charge in [0.1, 0.15) is 6.29 Å². The fourth-order valence-corrected chi connectivity index (χ4v) is 4.75. The van der Waals surface area contributed by atoms with Gasteiger partial charge in [-0.05, 0) is 61.6 Å². The quantitative estimate of drug-likeness (QED) is 0.130. The molecule has 5 heteroatoms. The van der Waals surface area contributed by atoms with Gasteiger partial charge < -0.3 is 14.6 Å². The minimum absolute atomic E-state index is 0.0572. The third kappa shape index (κ3) is 11.3. The van der Waals surface area contributed by atoms with Crippen LogP contribution in [-0.4, -0.2) is 43.8 Å². The highest BCUT2D eigenvalue weighted by atomic mass is 16.5. The Labute approximate surface area is 229 Å². The van der Waals surface area contributed by atoms with Crippen molar-refractivity contribution >= 4 is 12.3 Å². The van der Waals surface area contributed by atoms with E-state index in [9.17, 15) is 14.7 Å². The molecule has 208 valence electrons. The minimum atomic E-state index is -0.437. The molecular weight excluding hydrogens is 476 g/mol. The smallest absolute Gasteiger partial charge is 0.333 e. The largest absolute Gasteiger partial charge is 0.462 e. The second-order valence-corrected chi connectivity index (χ2v) is 10.4. The number of carbonyl (C=O) groups is 2. The third-order valence-corrected chi connectivity index (χ3v) is 7.26. The van der Waals surface area contributed by atoms with Crippen LogP contribution in [0, 0.1) is 11.8 Å². The summed E-state index contributed by atoms with van der Waals surface area (Å²) in [6.45, 7) is 7.52. The average Bonchev–Trinajstić information content (AvgIpc) is 2.96. The summed E-state index contributed by atoms with van der Waals surface area (Å²) >= 11 is 0. The molecule has 1 N–H and O–H groups in total.